The van der Waals surface area contributed by atoms with E-state index in [0.29, 0.717) is 6.04 Å². The molecule has 1 aliphatic rings. The van der Waals surface area contributed by atoms with Gasteiger partial charge < -0.3 is 10.6 Å². The summed E-state index contributed by atoms with van der Waals surface area (Å²) in [5.74, 6) is 0. The van der Waals surface area contributed by atoms with Crippen molar-refractivity contribution >= 4 is 0 Å². The lowest BCUT2D eigenvalue weighted by Gasteiger charge is -2.25. The third kappa shape index (κ3) is 5.56. The molecular weight excluding hydrogens is 148 g/mol. The zero-order valence-electron chi connectivity index (χ0n) is 9.20. The Morgan fingerprint density at radius 1 is 1.25 bits per heavy atom. The minimum Gasteiger partial charge on any atom is -0.315 e. The van der Waals surface area contributed by atoms with Crippen molar-refractivity contribution in [1.29, 1.82) is 0 Å². The molecule has 0 aromatic rings. The maximum absolute atomic E-state index is 3.56. The first-order chi connectivity index (χ1) is 5.58. The van der Waals surface area contributed by atoms with Gasteiger partial charge in [-0.3, -0.25) is 0 Å². The van der Waals surface area contributed by atoms with E-state index in [1.54, 1.807) is 0 Å². The monoisotopic (exact) mass is 172 g/mol. The average Bonchev–Trinajstić information content (AvgIpc) is 2.41. The van der Waals surface area contributed by atoms with Crippen LogP contribution < -0.4 is 10.6 Å². The van der Waals surface area contributed by atoms with Crippen LogP contribution in [0.1, 0.15) is 41.0 Å². The van der Waals surface area contributed by atoms with Crippen LogP contribution in [0, 0.1) is 0 Å². The molecular formula is C10H24N2. The Morgan fingerprint density at radius 3 is 2.17 bits per heavy atom. The average molecular weight is 172 g/mol. The molecule has 1 rings (SSSR count). The molecule has 1 unspecified atom stereocenters. The fraction of sp³-hybridized carbons (Fsp3) is 1.00. The van der Waals surface area contributed by atoms with E-state index in [-0.39, 0.29) is 5.54 Å². The van der Waals surface area contributed by atoms with Gasteiger partial charge in [-0.2, -0.15) is 0 Å². The van der Waals surface area contributed by atoms with Gasteiger partial charge in [-0.05, 0) is 33.7 Å². The maximum Gasteiger partial charge on any atom is 0.0209 e. The quantitative estimate of drug-likeness (QED) is 0.630. The highest BCUT2D eigenvalue weighted by molar-refractivity contribution is 4.83. The van der Waals surface area contributed by atoms with Crippen molar-refractivity contribution in [3.8, 4) is 0 Å². The molecule has 0 aromatic carbocycles. The van der Waals surface area contributed by atoms with Gasteiger partial charge in [-0.15, -0.1) is 0 Å². The first kappa shape index (κ1) is 11.9. The van der Waals surface area contributed by atoms with E-state index in [2.05, 4.69) is 31.4 Å². The van der Waals surface area contributed by atoms with Crippen molar-refractivity contribution in [2.24, 2.45) is 0 Å². The Hall–Kier alpha value is -0.0800. The molecule has 0 saturated carbocycles. The molecule has 1 heterocycles. The summed E-state index contributed by atoms with van der Waals surface area (Å²) in [5.41, 5.74) is 0.274. The molecule has 1 atom stereocenters. The van der Waals surface area contributed by atoms with Crippen LogP contribution in [0.15, 0.2) is 0 Å². The van der Waals surface area contributed by atoms with Crippen molar-refractivity contribution in [3.05, 3.63) is 0 Å². The zero-order chi connectivity index (χ0) is 9.61. The van der Waals surface area contributed by atoms with Gasteiger partial charge in [-0.1, -0.05) is 13.8 Å². The number of hydrogen-bond acceptors (Lipinski definition) is 2. The van der Waals surface area contributed by atoms with Crippen molar-refractivity contribution in [2.75, 3.05) is 13.1 Å². The third-order valence-electron chi connectivity index (χ3n) is 1.70. The second-order valence-corrected chi connectivity index (χ2v) is 4.08. The summed E-state index contributed by atoms with van der Waals surface area (Å²) in [5, 5.41) is 6.89. The lowest BCUT2D eigenvalue weighted by molar-refractivity contribution is 0.371. The highest BCUT2D eigenvalue weighted by Gasteiger charge is 2.19. The van der Waals surface area contributed by atoms with E-state index >= 15 is 0 Å². The van der Waals surface area contributed by atoms with E-state index in [1.807, 2.05) is 13.8 Å². The Kier molecular flexibility index (Phi) is 5.51. The molecule has 2 N–H and O–H groups in total. The van der Waals surface area contributed by atoms with Gasteiger partial charge in [0.05, 0.1) is 0 Å². The SMILES string of the molecule is CC.CC(C)(C)NC1CCNC1. The topological polar surface area (TPSA) is 24.1 Å². The second-order valence-electron chi connectivity index (χ2n) is 4.08. The van der Waals surface area contributed by atoms with Crippen molar-refractivity contribution in [3.63, 3.8) is 0 Å². The Labute approximate surface area is 77.1 Å². The molecule has 12 heavy (non-hydrogen) atoms. The second kappa shape index (κ2) is 5.55. The minimum atomic E-state index is 0.274. The van der Waals surface area contributed by atoms with Gasteiger partial charge in [-0.25, -0.2) is 0 Å². The van der Waals surface area contributed by atoms with Gasteiger partial charge in [0.25, 0.3) is 0 Å². The first-order valence-corrected chi connectivity index (χ1v) is 5.06. The van der Waals surface area contributed by atoms with Crippen LogP contribution in [0.3, 0.4) is 0 Å². The van der Waals surface area contributed by atoms with Crippen LogP contribution in [0.2, 0.25) is 0 Å². The molecule has 0 radical (unpaired) electrons. The summed E-state index contributed by atoms with van der Waals surface area (Å²) in [6.45, 7) is 13.0. The maximum atomic E-state index is 3.56. The fourth-order valence-electron chi connectivity index (χ4n) is 1.39. The van der Waals surface area contributed by atoms with Crippen LogP contribution in [0.5, 0.6) is 0 Å². The predicted molar refractivity (Wildman–Crippen MR) is 55.5 cm³/mol. The summed E-state index contributed by atoms with van der Waals surface area (Å²) in [4.78, 5) is 0. The molecule has 0 aliphatic carbocycles. The van der Waals surface area contributed by atoms with Crippen molar-refractivity contribution < 1.29 is 0 Å². The lowest BCUT2D eigenvalue weighted by Crippen LogP contribution is -2.44. The van der Waals surface area contributed by atoms with Crippen molar-refractivity contribution in [1.82, 2.24) is 10.6 Å². The molecule has 1 fully saturated rings. The smallest absolute Gasteiger partial charge is 0.0209 e. The van der Waals surface area contributed by atoms with E-state index in [4.69, 9.17) is 0 Å². The van der Waals surface area contributed by atoms with Gasteiger partial charge in [0.1, 0.15) is 0 Å². The predicted octanol–water partition coefficient (Wildman–Crippen LogP) is 1.76. The van der Waals surface area contributed by atoms with Crippen LogP contribution in [-0.4, -0.2) is 24.7 Å². The molecule has 1 aliphatic heterocycles. The van der Waals surface area contributed by atoms with E-state index < -0.39 is 0 Å². The summed E-state index contributed by atoms with van der Waals surface area (Å²) < 4.78 is 0. The van der Waals surface area contributed by atoms with Crippen LogP contribution in [-0.2, 0) is 0 Å². The summed E-state index contributed by atoms with van der Waals surface area (Å²) in [6.07, 6.45) is 1.28. The minimum absolute atomic E-state index is 0.274. The largest absolute Gasteiger partial charge is 0.315 e. The number of hydrogen-bond donors (Lipinski definition) is 2. The summed E-state index contributed by atoms with van der Waals surface area (Å²) in [6, 6.07) is 0.694. The molecule has 0 amide bonds. The van der Waals surface area contributed by atoms with Gasteiger partial charge >= 0.3 is 0 Å². The van der Waals surface area contributed by atoms with E-state index in [0.717, 1.165) is 6.54 Å². The van der Waals surface area contributed by atoms with E-state index in [1.165, 1.54) is 13.0 Å². The van der Waals surface area contributed by atoms with Crippen LogP contribution >= 0.6 is 0 Å². The Balaban J connectivity index is 0.000000561. The van der Waals surface area contributed by atoms with Gasteiger partial charge in [0, 0.05) is 18.1 Å². The summed E-state index contributed by atoms with van der Waals surface area (Å²) >= 11 is 0. The molecule has 0 bridgehead atoms. The standard InChI is InChI=1S/C8H18N2.C2H6/c1-8(2,3)10-7-4-5-9-6-7;1-2/h7,9-10H,4-6H2,1-3H3;1-2H3. The highest BCUT2D eigenvalue weighted by Crippen LogP contribution is 2.05. The molecule has 1 saturated heterocycles. The lowest BCUT2D eigenvalue weighted by atomic mass is 10.1. The van der Waals surface area contributed by atoms with Crippen LogP contribution in [0.4, 0.5) is 0 Å². The molecule has 74 valence electrons. The van der Waals surface area contributed by atoms with Crippen molar-refractivity contribution in [2.45, 2.75) is 52.6 Å². The first-order valence-electron chi connectivity index (χ1n) is 5.06. The zero-order valence-corrected chi connectivity index (χ0v) is 9.20. The molecule has 0 aromatic heterocycles. The third-order valence-corrected chi connectivity index (χ3v) is 1.70. The summed E-state index contributed by atoms with van der Waals surface area (Å²) in [7, 11) is 0. The molecule has 2 nitrogen and oxygen atoms in total. The number of nitrogens with one attached hydrogen (secondary N) is 2. The number of rotatable bonds is 1. The highest BCUT2D eigenvalue weighted by atomic mass is 15.1. The van der Waals surface area contributed by atoms with Crippen LogP contribution in [0.25, 0.3) is 0 Å². The molecule has 0 spiro atoms. The Bertz CT molecular complexity index is 98.9. The van der Waals surface area contributed by atoms with E-state index in [9.17, 15) is 0 Å². The molecule has 2 heteroatoms. The van der Waals surface area contributed by atoms with Gasteiger partial charge in [0.15, 0.2) is 0 Å². The fourth-order valence-corrected chi connectivity index (χ4v) is 1.39. The van der Waals surface area contributed by atoms with Gasteiger partial charge in [0.2, 0.25) is 0 Å². The normalized spacial score (nSPS) is 23.2. The Morgan fingerprint density at radius 2 is 1.83 bits per heavy atom.